The number of aromatic nitrogens is 1. The van der Waals surface area contributed by atoms with Crippen molar-refractivity contribution < 1.29 is 23.9 Å². The highest BCUT2D eigenvalue weighted by Crippen LogP contribution is 2.25. The van der Waals surface area contributed by atoms with Gasteiger partial charge in [0, 0.05) is 19.1 Å². The molecule has 0 bridgehead atoms. The van der Waals surface area contributed by atoms with E-state index in [9.17, 15) is 14.4 Å². The van der Waals surface area contributed by atoms with E-state index in [4.69, 9.17) is 9.47 Å². The molecular weight excluding hydrogens is 466 g/mol. The molecule has 162 valence electrons. The van der Waals surface area contributed by atoms with Crippen LogP contribution in [0.4, 0.5) is 4.79 Å². The van der Waals surface area contributed by atoms with Crippen LogP contribution in [0.2, 0.25) is 0 Å². The molecule has 2 fully saturated rings. The molecule has 3 heterocycles. The topological polar surface area (TPSA) is 89.0 Å². The Kier molecular flexibility index (Phi) is 6.50. The summed E-state index contributed by atoms with van der Waals surface area (Å²) in [6, 6.07) is 13.6. The first-order chi connectivity index (χ1) is 15.0. The van der Waals surface area contributed by atoms with Gasteiger partial charge in [0.05, 0.1) is 0 Å². The SMILES string of the molecule is O=C(OCc1ccccc1)C1COC(=O)N1C1CCN(C(=O)c2cccc(Br)n2)CC1. The maximum Gasteiger partial charge on any atom is 0.410 e. The predicted molar refractivity (Wildman–Crippen MR) is 114 cm³/mol. The molecule has 0 spiro atoms. The summed E-state index contributed by atoms with van der Waals surface area (Å²) in [6.07, 6.45) is 0.592. The number of nitrogens with zero attached hydrogens (tertiary/aromatic N) is 3. The van der Waals surface area contributed by atoms with Crippen molar-refractivity contribution in [3.05, 3.63) is 64.4 Å². The lowest BCUT2D eigenvalue weighted by Crippen LogP contribution is -2.52. The summed E-state index contributed by atoms with van der Waals surface area (Å²) in [5.41, 5.74) is 1.25. The van der Waals surface area contributed by atoms with Crippen LogP contribution in [0.5, 0.6) is 0 Å². The largest absolute Gasteiger partial charge is 0.459 e. The molecule has 2 aliphatic rings. The maximum atomic E-state index is 12.7. The van der Waals surface area contributed by atoms with Gasteiger partial charge in [-0.15, -0.1) is 0 Å². The number of ether oxygens (including phenoxy) is 2. The van der Waals surface area contributed by atoms with Crippen molar-refractivity contribution in [3.63, 3.8) is 0 Å². The molecule has 2 amide bonds. The lowest BCUT2D eigenvalue weighted by atomic mass is 10.0. The Morgan fingerprint density at radius 2 is 1.84 bits per heavy atom. The van der Waals surface area contributed by atoms with Crippen molar-refractivity contribution in [2.45, 2.75) is 31.5 Å². The quantitative estimate of drug-likeness (QED) is 0.475. The minimum atomic E-state index is -0.768. The molecule has 0 saturated carbocycles. The number of carbonyl (C=O) groups excluding carboxylic acids is 3. The van der Waals surface area contributed by atoms with E-state index < -0.39 is 18.1 Å². The van der Waals surface area contributed by atoms with Crippen LogP contribution >= 0.6 is 15.9 Å². The van der Waals surface area contributed by atoms with Crippen molar-refractivity contribution in [3.8, 4) is 0 Å². The molecule has 0 aliphatic carbocycles. The normalized spacial score (nSPS) is 19.3. The highest BCUT2D eigenvalue weighted by atomic mass is 79.9. The number of pyridine rings is 1. The first-order valence-corrected chi connectivity index (χ1v) is 10.9. The highest BCUT2D eigenvalue weighted by Gasteiger charge is 2.44. The number of benzene rings is 1. The number of piperidine rings is 1. The Morgan fingerprint density at radius 1 is 1.10 bits per heavy atom. The molecule has 1 unspecified atom stereocenters. The minimum absolute atomic E-state index is 0.0203. The third-order valence-corrected chi connectivity index (χ3v) is 5.93. The van der Waals surface area contributed by atoms with Gasteiger partial charge in [-0.2, -0.15) is 0 Å². The first kappa shape index (κ1) is 21.3. The minimum Gasteiger partial charge on any atom is -0.459 e. The smallest absolute Gasteiger partial charge is 0.410 e. The van der Waals surface area contributed by atoms with Crippen molar-refractivity contribution >= 4 is 33.9 Å². The molecular formula is C22H22BrN3O5. The zero-order valence-corrected chi connectivity index (χ0v) is 18.4. The zero-order valence-electron chi connectivity index (χ0n) is 16.8. The van der Waals surface area contributed by atoms with Gasteiger partial charge in [-0.1, -0.05) is 36.4 Å². The van der Waals surface area contributed by atoms with Crippen LogP contribution < -0.4 is 0 Å². The number of hydrogen-bond acceptors (Lipinski definition) is 6. The lowest BCUT2D eigenvalue weighted by Gasteiger charge is -2.37. The molecule has 2 saturated heterocycles. The van der Waals surface area contributed by atoms with Gasteiger partial charge in [0.15, 0.2) is 6.04 Å². The van der Waals surface area contributed by atoms with Gasteiger partial charge in [0.25, 0.3) is 5.91 Å². The summed E-state index contributed by atoms with van der Waals surface area (Å²) in [7, 11) is 0. The third kappa shape index (κ3) is 4.87. The number of rotatable bonds is 5. The second-order valence-electron chi connectivity index (χ2n) is 7.46. The number of hydrogen-bond donors (Lipinski definition) is 0. The molecule has 1 aromatic heterocycles. The fourth-order valence-electron chi connectivity index (χ4n) is 3.88. The van der Waals surface area contributed by atoms with Crippen LogP contribution in [0, 0.1) is 0 Å². The van der Waals surface area contributed by atoms with E-state index in [-0.39, 0.29) is 25.2 Å². The number of cyclic esters (lactones) is 1. The standard InChI is InChI=1S/C22H22BrN3O5/c23-19-8-4-7-17(24-19)20(27)25-11-9-16(10-12-25)26-18(14-31-22(26)29)21(28)30-13-15-5-2-1-3-6-15/h1-8,16,18H,9-14H2. The van der Waals surface area contributed by atoms with Gasteiger partial charge in [-0.25, -0.2) is 14.6 Å². The summed E-state index contributed by atoms with van der Waals surface area (Å²) in [4.78, 5) is 45.1. The molecule has 2 aromatic rings. The average molecular weight is 488 g/mol. The van der Waals surface area contributed by atoms with E-state index in [0.29, 0.717) is 36.2 Å². The third-order valence-electron chi connectivity index (χ3n) is 5.49. The number of carbonyl (C=O) groups is 3. The van der Waals surface area contributed by atoms with Crippen LogP contribution in [0.3, 0.4) is 0 Å². The Balaban J connectivity index is 1.35. The van der Waals surface area contributed by atoms with Gasteiger partial charge in [0.2, 0.25) is 0 Å². The summed E-state index contributed by atoms with van der Waals surface area (Å²) in [5, 5.41) is 0. The fraction of sp³-hybridized carbons (Fsp3) is 0.364. The van der Waals surface area contributed by atoms with Gasteiger partial charge >= 0.3 is 12.1 Å². The van der Waals surface area contributed by atoms with E-state index >= 15 is 0 Å². The number of likely N-dealkylation sites (tertiary alicyclic amines) is 1. The first-order valence-electron chi connectivity index (χ1n) is 10.1. The van der Waals surface area contributed by atoms with Gasteiger partial charge in [0.1, 0.15) is 23.5 Å². The second-order valence-corrected chi connectivity index (χ2v) is 8.27. The maximum absolute atomic E-state index is 12.7. The van der Waals surface area contributed by atoms with Crippen molar-refractivity contribution in [2.75, 3.05) is 19.7 Å². The van der Waals surface area contributed by atoms with Crippen molar-refractivity contribution in [2.24, 2.45) is 0 Å². The predicted octanol–water partition coefficient (Wildman–Crippen LogP) is 3.01. The van der Waals surface area contributed by atoms with E-state index in [2.05, 4.69) is 20.9 Å². The Bertz CT molecular complexity index is 963. The molecule has 1 aromatic carbocycles. The Hall–Kier alpha value is -2.94. The van der Waals surface area contributed by atoms with Crippen molar-refractivity contribution in [1.82, 2.24) is 14.8 Å². The average Bonchev–Trinajstić information content (AvgIpc) is 3.19. The lowest BCUT2D eigenvalue weighted by molar-refractivity contribution is -0.150. The van der Waals surface area contributed by atoms with Crippen LogP contribution in [-0.2, 0) is 20.9 Å². The summed E-state index contributed by atoms with van der Waals surface area (Å²) < 4.78 is 11.2. The molecule has 4 rings (SSSR count). The molecule has 8 nitrogen and oxygen atoms in total. The van der Waals surface area contributed by atoms with E-state index in [1.54, 1.807) is 23.1 Å². The van der Waals surface area contributed by atoms with E-state index in [0.717, 1.165) is 5.56 Å². The summed E-state index contributed by atoms with van der Waals surface area (Å²) in [6.45, 7) is 1.05. The van der Waals surface area contributed by atoms with Crippen LogP contribution in [0.15, 0.2) is 53.1 Å². The van der Waals surface area contributed by atoms with E-state index in [1.807, 2.05) is 30.3 Å². The van der Waals surface area contributed by atoms with E-state index in [1.165, 1.54) is 4.90 Å². The highest BCUT2D eigenvalue weighted by molar-refractivity contribution is 9.10. The van der Waals surface area contributed by atoms with Gasteiger partial charge in [-0.3, -0.25) is 9.69 Å². The summed E-state index contributed by atoms with van der Waals surface area (Å²) >= 11 is 3.28. The molecule has 0 N–H and O–H groups in total. The molecule has 9 heteroatoms. The fourth-order valence-corrected chi connectivity index (χ4v) is 4.22. The van der Waals surface area contributed by atoms with Crippen molar-refractivity contribution in [1.29, 1.82) is 0 Å². The molecule has 0 radical (unpaired) electrons. The van der Waals surface area contributed by atoms with Gasteiger partial charge in [-0.05, 0) is 46.5 Å². The van der Waals surface area contributed by atoms with Crippen LogP contribution in [0.1, 0.15) is 28.9 Å². The molecule has 1 atom stereocenters. The Morgan fingerprint density at radius 3 is 2.55 bits per heavy atom. The number of esters is 1. The molecule has 31 heavy (non-hydrogen) atoms. The van der Waals surface area contributed by atoms with Crippen LogP contribution in [0.25, 0.3) is 0 Å². The second kappa shape index (κ2) is 9.47. The molecule has 2 aliphatic heterocycles. The monoisotopic (exact) mass is 487 g/mol. The van der Waals surface area contributed by atoms with Gasteiger partial charge < -0.3 is 14.4 Å². The Labute approximate surface area is 188 Å². The number of halogens is 1. The zero-order chi connectivity index (χ0) is 21.8. The number of amides is 2. The summed E-state index contributed by atoms with van der Waals surface area (Å²) in [5.74, 6) is -0.630. The van der Waals surface area contributed by atoms with Crippen LogP contribution in [-0.4, -0.2) is 64.5 Å².